The molecule has 0 aromatic heterocycles. The van der Waals surface area contributed by atoms with E-state index in [1.165, 1.54) is 6.07 Å². The highest BCUT2D eigenvalue weighted by Crippen LogP contribution is 2.27. The van der Waals surface area contributed by atoms with Gasteiger partial charge in [0.1, 0.15) is 10.5 Å². The van der Waals surface area contributed by atoms with E-state index in [1.807, 2.05) is 20.8 Å². The zero-order valence-electron chi connectivity index (χ0n) is 16.0. The first-order valence-corrected chi connectivity index (χ1v) is 10.7. The minimum absolute atomic E-state index is 0.0162. The molecular formula is C19H26N2O5S. The van der Waals surface area contributed by atoms with E-state index in [4.69, 9.17) is 9.47 Å². The van der Waals surface area contributed by atoms with Gasteiger partial charge in [0.25, 0.3) is 10.0 Å². The maximum Gasteiger partial charge on any atom is 0.410 e. The fraction of sp³-hybridized carbons (Fsp3) is 0.579. The summed E-state index contributed by atoms with van der Waals surface area (Å²) in [4.78, 5) is 14.4. The molecule has 148 valence electrons. The lowest BCUT2D eigenvalue weighted by atomic mass is 10.0. The molecule has 8 heteroatoms. The van der Waals surface area contributed by atoms with Gasteiger partial charge in [-0.1, -0.05) is 12.1 Å². The number of piperidine rings is 1. The van der Waals surface area contributed by atoms with Gasteiger partial charge in [-0.2, -0.15) is 8.42 Å². The molecule has 27 heavy (non-hydrogen) atoms. The number of sulfonamides is 1. The monoisotopic (exact) mass is 394 g/mol. The highest BCUT2D eigenvalue weighted by Gasteiger charge is 2.32. The lowest BCUT2D eigenvalue weighted by Gasteiger charge is -2.36. The largest absolute Gasteiger partial charge is 0.477 e. The van der Waals surface area contributed by atoms with Crippen LogP contribution in [-0.4, -0.2) is 50.1 Å². The molecule has 1 amide bonds. The number of hydrogen-bond acceptors (Lipinski definition) is 5. The Morgan fingerprint density at radius 1 is 1.26 bits per heavy atom. The summed E-state index contributed by atoms with van der Waals surface area (Å²) in [6.45, 7) is 6.50. The van der Waals surface area contributed by atoms with Gasteiger partial charge in [-0.15, -0.1) is 4.40 Å². The number of benzene rings is 1. The van der Waals surface area contributed by atoms with Crippen LogP contribution in [0.25, 0.3) is 0 Å². The molecule has 0 N–H and O–H groups in total. The number of carbonyl (C=O) groups excluding carboxylic acids is 1. The normalized spacial score (nSPS) is 21.4. The number of ether oxygens (including phenoxy) is 2. The second-order valence-corrected chi connectivity index (χ2v) is 9.40. The van der Waals surface area contributed by atoms with Crippen molar-refractivity contribution in [3.05, 3.63) is 29.8 Å². The van der Waals surface area contributed by atoms with Gasteiger partial charge in [0.05, 0.1) is 12.2 Å². The third-order valence-electron chi connectivity index (χ3n) is 4.54. The SMILES string of the molecule is CC(C)(C)OC(=O)N1CCCC[C@@H]1CCOC1=NS(=O)(=O)c2ccccc21. The average molecular weight is 394 g/mol. The third kappa shape index (κ3) is 4.61. The average Bonchev–Trinajstić information content (AvgIpc) is 2.85. The second kappa shape index (κ2) is 7.50. The second-order valence-electron chi connectivity index (χ2n) is 7.83. The first-order chi connectivity index (χ1) is 12.7. The number of rotatable bonds is 3. The molecule has 3 rings (SSSR count). The van der Waals surface area contributed by atoms with Crippen molar-refractivity contribution in [3.8, 4) is 0 Å². The molecule has 0 spiro atoms. The summed E-state index contributed by atoms with van der Waals surface area (Å²) < 4.78 is 39.1. The van der Waals surface area contributed by atoms with Crippen LogP contribution in [0.15, 0.2) is 33.6 Å². The molecule has 0 saturated carbocycles. The molecule has 7 nitrogen and oxygen atoms in total. The summed E-state index contributed by atoms with van der Waals surface area (Å²) in [7, 11) is -3.68. The van der Waals surface area contributed by atoms with E-state index in [-0.39, 0.29) is 29.5 Å². The molecule has 1 aromatic carbocycles. The van der Waals surface area contributed by atoms with E-state index < -0.39 is 15.6 Å². The van der Waals surface area contributed by atoms with Crippen LogP contribution in [-0.2, 0) is 19.5 Å². The van der Waals surface area contributed by atoms with Crippen molar-refractivity contribution >= 4 is 22.0 Å². The lowest BCUT2D eigenvalue weighted by Crippen LogP contribution is -2.46. The maximum absolute atomic E-state index is 12.5. The fourth-order valence-corrected chi connectivity index (χ4v) is 4.48. The third-order valence-corrected chi connectivity index (χ3v) is 5.86. The Balaban J connectivity index is 1.62. The maximum atomic E-state index is 12.5. The van der Waals surface area contributed by atoms with Crippen molar-refractivity contribution < 1.29 is 22.7 Å². The van der Waals surface area contributed by atoms with E-state index in [1.54, 1.807) is 23.1 Å². The number of carbonyl (C=O) groups is 1. The zero-order chi connectivity index (χ0) is 19.7. The number of hydrogen-bond donors (Lipinski definition) is 0. The summed E-state index contributed by atoms with van der Waals surface area (Å²) >= 11 is 0. The highest BCUT2D eigenvalue weighted by molar-refractivity contribution is 7.90. The summed E-state index contributed by atoms with van der Waals surface area (Å²) in [5, 5.41) is 0. The Bertz CT molecular complexity index is 842. The van der Waals surface area contributed by atoms with Crippen LogP contribution in [0, 0.1) is 0 Å². The minimum Gasteiger partial charge on any atom is -0.477 e. The molecule has 1 atom stereocenters. The lowest BCUT2D eigenvalue weighted by molar-refractivity contribution is 0.00728. The van der Waals surface area contributed by atoms with E-state index in [0.717, 1.165) is 19.3 Å². The topological polar surface area (TPSA) is 85.3 Å². The Hall–Kier alpha value is -2.09. The molecule has 1 aromatic rings. The summed E-state index contributed by atoms with van der Waals surface area (Å²) in [5.74, 6) is 0.130. The van der Waals surface area contributed by atoms with Crippen LogP contribution in [0.1, 0.15) is 52.0 Å². The zero-order valence-corrected chi connectivity index (χ0v) is 16.8. The van der Waals surface area contributed by atoms with Crippen LogP contribution >= 0.6 is 0 Å². The Labute approximate surface area is 160 Å². The van der Waals surface area contributed by atoms with E-state index in [2.05, 4.69) is 4.40 Å². The molecule has 2 aliphatic heterocycles. The van der Waals surface area contributed by atoms with Crippen LogP contribution in [0.4, 0.5) is 4.79 Å². The number of likely N-dealkylation sites (tertiary alicyclic amines) is 1. The van der Waals surface area contributed by atoms with Gasteiger partial charge < -0.3 is 14.4 Å². The van der Waals surface area contributed by atoms with Gasteiger partial charge in [-0.05, 0) is 52.2 Å². The molecule has 1 saturated heterocycles. The van der Waals surface area contributed by atoms with Crippen molar-refractivity contribution in [2.75, 3.05) is 13.2 Å². The van der Waals surface area contributed by atoms with E-state index in [9.17, 15) is 13.2 Å². The molecule has 0 radical (unpaired) electrons. The van der Waals surface area contributed by atoms with Crippen molar-refractivity contribution in [2.24, 2.45) is 4.40 Å². The van der Waals surface area contributed by atoms with Crippen molar-refractivity contribution in [1.82, 2.24) is 4.90 Å². The van der Waals surface area contributed by atoms with Gasteiger partial charge in [0.2, 0.25) is 5.90 Å². The standard InChI is InChI=1S/C19H26N2O5S/c1-19(2,3)26-18(22)21-12-7-6-8-14(21)11-13-25-17-15-9-4-5-10-16(15)27(23,24)20-17/h4-5,9-10,14H,6-8,11-13H2,1-3H3/t14-/m1/s1. The smallest absolute Gasteiger partial charge is 0.410 e. The number of amides is 1. The van der Waals surface area contributed by atoms with Crippen LogP contribution in [0.2, 0.25) is 0 Å². The molecule has 1 fully saturated rings. The summed E-state index contributed by atoms with van der Waals surface area (Å²) in [6.07, 6.45) is 3.17. The molecule has 0 aliphatic carbocycles. The quantitative estimate of drug-likeness (QED) is 0.785. The Morgan fingerprint density at radius 3 is 2.74 bits per heavy atom. The van der Waals surface area contributed by atoms with Crippen molar-refractivity contribution in [3.63, 3.8) is 0 Å². The molecule has 0 unspecified atom stereocenters. The van der Waals surface area contributed by atoms with Gasteiger partial charge >= 0.3 is 6.09 Å². The molecule has 2 heterocycles. The van der Waals surface area contributed by atoms with Crippen LogP contribution in [0.5, 0.6) is 0 Å². The molecular weight excluding hydrogens is 368 g/mol. The van der Waals surface area contributed by atoms with Crippen LogP contribution < -0.4 is 0 Å². The number of fused-ring (bicyclic) bond motifs is 1. The highest BCUT2D eigenvalue weighted by atomic mass is 32.2. The van der Waals surface area contributed by atoms with Gasteiger partial charge in [0, 0.05) is 19.0 Å². The molecule has 2 aliphatic rings. The minimum atomic E-state index is -3.68. The fourth-order valence-electron chi connectivity index (χ4n) is 3.33. The molecule has 0 bridgehead atoms. The predicted octanol–water partition coefficient (Wildman–Crippen LogP) is 3.33. The van der Waals surface area contributed by atoms with E-state index in [0.29, 0.717) is 18.5 Å². The first-order valence-electron chi connectivity index (χ1n) is 9.24. The van der Waals surface area contributed by atoms with E-state index >= 15 is 0 Å². The number of nitrogens with zero attached hydrogens (tertiary/aromatic N) is 2. The van der Waals surface area contributed by atoms with Crippen molar-refractivity contribution in [1.29, 1.82) is 0 Å². The van der Waals surface area contributed by atoms with Crippen LogP contribution in [0.3, 0.4) is 0 Å². The van der Waals surface area contributed by atoms with Gasteiger partial charge in [0.15, 0.2) is 0 Å². The van der Waals surface area contributed by atoms with Crippen molar-refractivity contribution in [2.45, 2.75) is 63.0 Å². The Kier molecular flexibility index (Phi) is 5.46. The summed E-state index contributed by atoms with van der Waals surface area (Å²) in [6, 6.07) is 6.64. The Morgan fingerprint density at radius 2 is 2.00 bits per heavy atom. The predicted molar refractivity (Wildman–Crippen MR) is 101 cm³/mol. The van der Waals surface area contributed by atoms with Gasteiger partial charge in [-0.25, -0.2) is 4.79 Å². The van der Waals surface area contributed by atoms with Gasteiger partial charge in [-0.3, -0.25) is 0 Å². The first kappa shape index (κ1) is 19.7. The summed E-state index contributed by atoms with van der Waals surface area (Å²) in [5.41, 5.74) is -0.0446.